The molecule has 0 aliphatic carbocycles. The van der Waals surface area contributed by atoms with E-state index < -0.39 is 22.1 Å². The molecule has 0 aromatic carbocycles. The van der Waals surface area contributed by atoms with Gasteiger partial charge < -0.3 is 5.11 Å². The zero-order valence-corrected chi connectivity index (χ0v) is 5.13. The van der Waals surface area contributed by atoms with Crippen molar-refractivity contribution in [1.82, 2.24) is 0 Å². The van der Waals surface area contributed by atoms with E-state index in [1.165, 1.54) is 0 Å². The van der Waals surface area contributed by atoms with Crippen LogP contribution in [0.15, 0.2) is 0 Å². The summed E-state index contributed by atoms with van der Waals surface area (Å²) in [6, 6.07) is 0.816. The Hall–Kier alpha value is -1.75. The maximum absolute atomic E-state index is 9.91. The SMILES string of the molecule is N#CC(CO)([N+](=O)[O-])[N+](=O)[O-]. The molecule has 0 fully saturated rings. The highest BCUT2D eigenvalue weighted by Gasteiger charge is 2.56. The van der Waals surface area contributed by atoms with Crippen LogP contribution < -0.4 is 0 Å². The standard InChI is InChI=1S/C3H3N3O5/c4-1-3(2-7,5(8)9)6(10)11/h7H,2H2. The van der Waals surface area contributed by atoms with Gasteiger partial charge in [0.2, 0.25) is 12.7 Å². The fraction of sp³-hybridized carbons (Fsp3) is 0.667. The van der Waals surface area contributed by atoms with Crippen LogP contribution in [0.5, 0.6) is 0 Å². The molecule has 8 nitrogen and oxygen atoms in total. The Labute approximate surface area is 60.0 Å². The van der Waals surface area contributed by atoms with Gasteiger partial charge in [-0.1, -0.05) is 0 Å². The molecule has 0 spiro atoms. The summed E-state index contributed by atoms with van der Waals surface area (Å²) in [6.45, 7) is -1.44. The molecule has 60 valence electrons. The van der Waals surface area contributed by atoms with Crippen LogP contribution in [0.1, 0.15) is 0 Å². The maximum Gasteiger partial charge on any atom is 0.565 e. The van der Waals surface area contributed by atoms with Gasteiger partial charge in [0.1, 0.15) is 9.85 Å². The molecule has 0 radical (unpaired) electrons. The second kappa shape index (κ2) is 2.89. The Kier molecular flexibility index (Phi) is 2.43. The fourth-order valence-corrected chi connectivity index (χ4v) is 0.299. The predicted molar refractivity (Wildman–Crippen MR) is 29.4 cm³/mol. The van der Waals surface area contributed by atoms with Crippen molar-refractivity contribution in [2.45, 2.75) is 5.66 Å². The Balaban J connectivity index is 4.96. The monoisotopic (exact) mass is 161 g/mol. The predicted octanol–water partition coefficient (Wildman–Crippen LogP) is -1.25. The molecule has 0 unspecified atom stereocenters. The lowest BCUT2D eigenvalue weighted by molar-refractivity contribution is -0.779. The Morgan fingerprint density at radius 2 is 1.82 bits per heavy atom. The molecule has 0 aliphatic rings. The molecule has 0 amide bonds. The lowest BCUT2D eigenvalue weighted by Gasteiger charge is -2.04. The quantitative estimate of drug-likeness (QED) is 0.312. The first-order valence-corrected chi connectivity index (χ1v) is 2.32. The summed E-state index contributed by atoms with van der Waals surface area (Å²) in [4.78, 5) is 16.9. The summed E-state index contributed by atoms with van der Waals surface area (Å²) in [6.07, 6.45) is 0. The highest BCUT2D eigenvalue weighted by atomic mass is 16.7. The first-order valence-electron chi connectivity index (χ1n) is 2.32. The first-order chi connectivity index (χ1) is 5.01. The zero-order valence-electron chi connectivity index (χ0n) is 5.13. The lowest BCUT2D eigenvalue weighted by Crippen LogP contribution is -2.48. The van der Waals surface area contributed by atoms with Crippen molar-refractivity contribution in [3.63, 3.8) is 0 Å². The molecule has 0 aliphatic heterocycles. The van der Waals surface area contributed by atoms with Crippen molar-refractivity contribution in [2.24, 2.45) is 0 Å². The van der Waals surface area contributed by atoms with Crippen molar-refractivity contribution in [3.8, 4) is 6.07 Å². The largest absolute Gasteiger partial charge is 0.565 e. The van der Waals surface area contributed by atoms with Crippen LogP contribution in [-0.2, 0) is 0 Å². The number of nitro groups is 2. The average molecular weight is 161 g/mol. The van der Waals surface area contributed by atoms with Crippen LogP contribution in [0, 0.1) is 31.6 Å². The minimum Gasteiger partial charge on any atom is -0.381 e. The molecule has 0 heterocycles. The van der Waals surface area contributed by atoms with Crippen LogP contribution in [0.25, 0.3) is 0 Å². The van der Waals surface area contributed by atoms with Gasteiger partial charge in [0.25, 0.3) is 0 Å². The first kappa shape index (κ1) is 9.25. The van der Waals surface area contributed by atoms with Gasteiger partial charge in [0.05, 0.1) is 0 Å². The van der Waals surface area contributed by atoms with Crippen LogP contribution in [0.3, 0.4) is 0 Å². The van der Waals surface area contributed by atoms with Crippen molar-refractivity contribution in [2.75, 3.05) is 6.61 Å². The minimum atomic E-state index is -3.11. The van der Waals surface area contributed by atoms with E-state index in [0.717, 1.165) is 6.07 Å². The number of nitriles is 1. The third-order valence-corrected chi connectivity index (χ3v) is 1.00. The summed E-state index contributed by atoms with van der Waals surface area (Å²) < 4.78 is 0. The highest BCUT2D eigenvalue weighted by Crippen LogP contribution is 2.07. The number of aliphatic hydroxyl groups excluding tert-OH is 1. The van der Waals surface area contributed by atoms with E-state index in [9.17, 15) is 20.2 Å². The van der Waals surface area contributed by atoms with Crippen molar-refractivity contribution in [3.05, 3.63) is 20.2 Å². The second-order valence-corrected chi connectivity index (χ2v) is 1.60. The van der Waals surface area contributed by atoms with Crippen LogP contribution in [0.2, 0.25) is 0 Å². The number of rotatable bonds is 3. The molecule has 1 N–H and O–H groups in total. The van der Waals surface area contributed by atoms with Crippen molar-refractivity contribution in [1.29, 1.82) is 5.26 Å². The normalized spacial score (nSPS) is 10.2. The number of hydrogen-bond acceptors (Lipinski definition) is 6. The van der Waals surface area contributed by atoms with E-state index >= 15 is 0 Å². The van der Waals surface area contributed by atoms with E-state index in [-0.39, 0.29) is 0 Å². The third-order valence-electron chi connectivity index (χ3n) is 1.00. The number of aliphatic hydroxyl groups is 1. The molecule has 0 aromatic rings. The topological polar surface area (TPSA) is 130 Å². The molecule has 0 saturated heterocycles. The molecule has 0 atom stereocenters. The Bertz CT molecular complexity index is 216. The summed E-state index contributed by atoms with van der Waals surface area (Å²) in [5.41, 5.74) is -3.11. The molecule has 0 aromatic heterocycles. The van der Waals surface area contributed by atoms with Crippen LogP contribution >= 0.6 is 0 Å². The third kappa shape index (κ3) is 1.22. The molecule has 0 rings (SSSR count). The number of hydrogen-bond donors (Lipinski definition) is 1. The molecule has 0 bridgehead atoms. The van der Waals surface area contributed by atoms with Gasteiger partial charge in [-0.15, -0.1) is 0 Å². The second-order valence-electron chi connectivity index (χ2n) is 1.60. The average Bonchev–Trinajstić information content (AvgIpc) is 1.90. The Morgan fingerprint density at radius 3 is 1.82 bits per heavy atom. The van der Waals surface area contributed by atoms with Gasteiger partial charge in [-0.25, -0.2) is 0 Å². The lowest BCUT2D eigenvalue weighted by atomic mass is 10.2. The molecular formula is C3H3N3O5. The van der Waals surface area contributed by atoms with E-state index in [2.05, 4.69) is 0 Å². The fourth-order valence-electron chi connectivity index (χ4n) is 0.299. The van der Waals surface area contributed by atoms with Gasteiger partial charge in [-0.05, 0) is 0 Å². The van der Waals surface area contributed by atoms with Gasteiger partial charge >= 0.3 is 5.66 Å². The maximum atomic E-state index is 9.91. The van der Waals surface area contributed by atoms with Gasteiger partial charge in [-0.3, -0.25) is 20.2 Å². The molecular weight excluding hydrogens is 158 g/mol. The Morgan fingerprint density at radius 1 is 1.45 bits per heavy atom. The minimum absolute atomic E-state index is 0.816. The summed E-state index contributed by atoms with van der Waals surface area (Å²) >= 11 is 0. The van der Waals surface area contributed by atoms with Crippen LogP contribution in [0.4, 0.5) is 0 Å². The summed E-state index contributed by atoms with van der Waals surface area (Å²) in [5, 5.41) is 36.0. The molecule has 11 heavy (non-hydrogen) atoms. The van der Waals surface area contributed by atoms with E-state index in [0.29, 0.717) is 0 Å². The highest BCUT2D eigenvalue weighted by molar-refractivity contribution is 4.91. The van der Waals surface area contributed by atoms with E-state index in [4.69, 9.17) is 10.4 Å². The van der Waals surface area contributed by atoms with Crippen molar-refractivity contribution >= 4 is 0 Å². The molecule has 8 heteroatoms. The summed E-state index contributed by atoms with van der Waals surface area (Å²) in [5.74, 6) is 0. The molecule has 0 saturated carbocycles. The van der Waals surface area contributed by atoms with Crippen molar-refractivity contribution < 1.29 is 15.0 Å². The van der Waals surface area contributed by atoms with Gasteiger partial charge in [-0.2, -0.15) is 5.26 Å². The van der Waals surface area contributed by atoms with Gasteiger partial charge in [0.15, 0.2) is 0 Å². The van der Waals surface area contributed by atoms with E-state index in [1.54, 1.807) is 0 Å². The van der Waals surface area contributed by atoms with Crippen LogP contribution in [-0.4, -0.2) is 27.2 Å². The number of nitrogens with zero attached hydrogens (tertiary/aromatic N) is 3. The smallest absolute Gasteiger partial charge is 0.381 e. The zero-order chi connectivity index (χ0) is 9.07. The summed E-state index contributed by atoms with van der Waals surface area (Å²) in [7, 11) is 0. The van der Waals surface area contributed by atoms with E-state index in [1.807, 2.05) is 0 Å². The van der Waals surface area contributed by atoms with Gasteiger partial charge in [0, 0.05) is 0 Å².